The van der Waals surface area contributed by atoms with Gasteiger partial charge >= 0.3 is 0 Å². The first-order valence-corrected chi connectivity index (χ1v) is 7.20. The third kappa shape index (κ3) is 2.93. The van der Waals surface area contributed by atoms with Crippen LogP contribution in [0.5, 0.6) is 0 Å². The van der Waals surface area contributed by atoms with Crippen molar-refractivity contribution in [3.05, 3.63) is 11.8 Å². The fraction of sp³-hybridized carbons (Fsp3) is 0.786. The number of likely N-dealkylation sites (N-methyl/N-ethyl adjacent to an activating group) is 2. The number of hydrogen-bond acceptors (Lipinski definition) is 3. The van der Waals surface area contributed by atoms with E-state index in [2.05, 4.69) is 30.1 Å². The van der Waals surface area contributed by atoms with E-state index in [1.165, 1.54) is 12.1 Å². The van der Waals surface area contributed by atoms with Gasteiger partial charge in [-0.05, 0) is 32.7 Å². The molecule has 0 spiro atoms. The van der Waals surface area contributed by atoms with Crippen molar-refractivity contribution in [1.29, 1.82) is 0 Å². The highest BCUT2D eigenvalue weighted by atomic mass is 16.2. The maximum Gasteiger partial charge on any atom is 0.240 e. The van der Waals surface area contributed by atoms with Crippen LogP contribution < -0.4 is 5.32 Å². The lowest BCUT2D eigenvalue weighted by atomic mass is 10.1. The second kappa shape index (κ2) is 6.34. The molecule has 0 aromatic heterocycles. The molecule has 0 radical (unpaired) electrons. The Morgan fingerprint density at radius 2 is 2.17 bits per heavy atom. The summed E-state index contributed by atoms with van der Waals surface area (Å²) >= 11 is 0. The Bertz CT molecular complexity index is 323. The van der Waals surface area contributed by atoms with Gasteiger partial charge in [-0.25, -0.2) is 0 Å². The van der Waals surface area contributed by atoms with E-state index in [1.807, 2.05) is 4.90 Å². The van der Waals surface area contributed by atoms with E-state index < -0.39 is 0 Å². The summed E-state index contributed by atoms with van der Waals surface area (Å²) in [5.74, 6) is 0.263. The van der Waals surface area contributed by atoms with Crippen LogP contribution in [0.4, 0.5) is 0 Å². The summed E-state index contributed by atoms with van der Waals surface area (Å²) in [5, 5.41) is 3.27. The van der Waals surface area contributed by atoms with E-state index in [9.17, 15) is 4.79 Å². The number of nitrogens with zero attached hydrogens (tertiary/aromatic N) is 2. The summed E-state index contributed by atoms with van der Waals surface area (Å²) in [7, 11) is 0. The molecule has 0 aromatic rings. The van der Waals surface area contributed by atoms with Crippen LogP contribution in [0.25, 0.3) is 0 Å². The van der Waals surface area contributed by atoms with Crippen molar-refractivity contribution in [1.82, 2.24) is 15.1 Å². The van der Waals surface area contributed by atoms with E-state index in [0.717, 1.165) is 39.0 Å². The Kier molecular flexibility index (Phi) is 4.78. The first kappa shape index (κ1) is 13.6. The molecule has 0 atom stereocenters. The predicted octanol–water partition coefficient (Wildman–Crippen LogP) is 1.20. The first-order chi connectivity index (χ1) is 8.76. The van der Waals surface area contributed by atoms with Gasteiger partial charge in [0.1, 0.15) is 0 Å². The molecule has 0 unspecified atom stereocenters. The van der Waals surface area contributed by atoms with Crippen LogP contribution in [0.3, 0.4) is 0 Å². The highest BCUT2D eigenvalue weighted by Gasteiger charge is 2.27. The molecule has 1 saturated heterocycles. The first-order valence-electron chi connectivity index (χ1n) is 7.20. The lowest BCUT2D eigenvalue weighted by Gasteiger charge is -2.38. The molecular weight excluding hydrogens is 226 g/mol. The minimum absolute atomic E-state index is 0.263. The third-order valence-electron chi connectivity index (χ3n) is 4.00. The van der Waals surface area contributed by atoms with Crippen molar-refractivity contribution in [2.24, 2.45) is 0 Å². The topological polar surface area (TPSA) is 35.6 Å². The Morgan fingerprint density at radius 1 is 1.39 bits per heavy atom. The van der Waals surface area contributed by atoms with Gasteiger partial charge in [0.25, 0.3) is 0 Å². The van der Waals surface area contributed by atoms with Gasteiger partial charge in [0.05, 0.1) is 6.54 Å². The molecule has 4 heteroatoms. The van der Waals surface area contributed by atoms with Gasteiger partial charge in [-0.3, -0.25) is 9.69 Å². The molecule has 4 nitrogen and oxygen atoms in total. The van der Waals surface area contributed by atoms with E-state index in [1.54, 1.807) is 0 Å². The van der Waals surface area contributed by atoms with Crippen molar-refractivity contribution in [3.8, 4) is 0 Å². The van der Waals surface area contributed by atoms with Gasteiger partial charge < -0.3 is 10.2 Å². The standard InChI is InChI=1S/C14H25N3O/c1-3-16(13-9-15-10-13)11-14(18)17(4-2)12-7-5-6-8-12/h7,13,15H,3-6,8-11H2,1-2H3. The summed E-state index contributed by atoms with van der Waals surface area (Å²) < 4.78 is 0. The Hall–Kier alpha value is -0.870. The number of amides is 1. The average Bonchev–Trinajstić information content (AvgIpc) is 2.80. The van der Waals surface area contributed by atoms with Gasteiger partial charge in [-0.15, -0.1) is 0 Å². The van der Waals surface area contributed by atoms with Crippen molar-refractivity contribution in [3.63, 3.8) is 0 Å². The highest BCUT2D eigenvalue weighted by molar-refractivity contribution is 5.80. The smallest absolute Gasteiger partial charge is 0.240 e. The van der Waals surface area contributed by atoms with Gasteiger partial charge in [-0.1, -0.05) is 13.0 Å². The lowest BCUT2D eigenvalue weighted by molar-refractivity contribution is -0.131. The number of allylic oxidation sites excluding steroid dienone is 2. The van der Waals surface area contributed by atoms with Crippen LogP contribution >= 0.6 is 0 Å². The van der Waals surface area contributed by atoms with Crippen LogP contribution in [0.2, 0.25) is 0 Å². The van der Waals surface area contributed by atoms with Gasteiger partial charge in [0.15, 0.2) is 0 Å². The third-order valence-corrected chi connectivity index (χ3v) is 4.00. The monoisotopic (exact) mass is 251 g/mol. The average molecular weight is 251 g/mol. The van der Waals surface area contributed by atoms with Crippen molar-refractivity contribution >= 4 is 5.91 Å². The summed E-state index contributed by atoms with van der Waals surface area (Å²) in [4.78, 5) is 16.7. The number of carbonyl (C=O) groups excluding carboxylic acids is 1. The summed E-state index contributed by atoms with van der Waals surface area (Å²) in [6, 6.07) is 0.551. The molecule has 2 rings (SSSR count). The number of hydrogen-bond donors (Lipinski definition) is 1. The minimum Gasteiger partial charge on any atom is -0.316 e. The summed E-state index contributed by atoms with van der Waals surface area (Å²) in [5.41, 5.74) is 1.24. The van der Waals surface area contributed by atoms with Crippen LogP contribution in [0.1, 0.15) is 33.1 Å². The van der Waals surface area contributed by atoms with Crippen LogP contribution in [-0.2, 0) is 4.79 Å². The van der Waals surface area contributed by atoms with Crippen LogP contribution in [-0.4, -0.2) is 54.5 Å². The molecule has 0 aromatic carbocycles. The quantitative estimate of drug-likeness (QED) is 0.770. The Balaban J connectivity index is 1.91. The van der Waals surface area contributed by atoms with Crippen molar-refractivity contribution < 1.29 is 4.79 Å². The van der Waals surface area contributed by atoms with Crippen LogP contribution in [0, 0.1) is 0 Å². The molecule has 0 saturated carbocycles. The minimum atomic E-state index is 0.263. The molecule has 1 amide bonds. The second-order valence-corrected chi connectivity index (χ2v) is 5.10. The molecule has 0 bridgehead atoms. The largest absolute Gasteiger partial charge is 0.316 e. The lowest BCUT2D eigenvalue weighted by Crippen LogP contribution is -2.58. The predicted molar refractivity (Wildman–Crippen MR) is 73.2 cm³/mol. The number of rotatable bonds is 6. The maximum absolute atomic E-state index is 12.4. The normalized spacial score (nSPS) is 19.8. The molecule has 1 N–H and O–H groups in total. The van der Waals surface area contributed by atoms with Crippen molar-refractivity contribution in [2.45, 2.75) is 39.2 Å². The molecule has 18 heavy (non-hydrogen) atoms. The van der Waals surface area contributed by atoms with Crippen LogP contribution in [0.15, 0.2) is 11.8 Å². The zero-order valence-corrected chi connectivity index (χ0v) is 11.6. The van der Waals surface area contributed by atoms with Gasteiger partial charge in [-0.2, -0.15) is 0 Å². The molecule has 1 fully saturated rings. The van der Waals surface area contributed by atoms with Gasteiger partial charge in [0, 0.05) is 31.4 Å². The zero-order chi connectivity index (χ0) is 13.0. The van der Waals surface area contributed by atoms with E-state index >= 15 is 0 Å². The number of carbonyl (C=O) groups is 1. The molecule has 1 aliphatic carbocycles. The van der Waals surface area contributed by atoms with E-state index in [4.69, 9.17) is 0 Å². The fourth-order valence-electron chi connectivity index (χ4n) is 2.73. The number of nitrogens with one attached hydrogen (secondary N) is 1. The van der Waals surface area contributed by atoms with E-state index in [0.29, 0.717) is 12.6 Å². The fourth-order valence-corrected chi connectivity index (χ4v) is 2.73. The molecule has 1 heterocycles. The molecule has 102 valence electrons. The molecule has 2 aliphatic rings. The molecule has 1 aliphatic heterocycles. The Morgan fingerprint density at radius 3 is 2.61 bits per heavy atom. The van der Waals surface area contributed by atoms with Crippen molar-refractivity contribution in [2.75, 3.05) is 32.7 Å². The maximum atomic E-state index is 12.4. The zero-order valence-electron chi connectivity index (χ0n) is 11.6. The highest BCUT2D eigenvalue weighted by Crippen LogP contribution is 2.21. The van der Waals surface area contributed by atoms with Gasteiger partial charge in [0.2, 0.25) is 5.91 Å². The summed E-state index contributed by atoms with van der Waals surface area (Å²) in [6.45, 7) is 8.56. The summed E-state index contributed by atoms with van der Waals surface area (Å²) in [6.07, 6.45) is 5.62. The molecular formula is C14H25N3O. The van der Waals surface area contributed by atoms with E-state index in [-0.39, 0.29) is 5.91 Å². The Labute approximate surface area is 110 Å². The SMILES string of the molecule is CCN(C(=O)CN(CC)C1CNC1)C1=CCCC1. The second-order valence-electron chi connectivity index (χ2n) is 5.10.